The minimum atomic E-state index is -0.202. The molecule has 0 unspecified atom stereocenters. The Kier molecular flexibility index (Phi) is 5.73. The van der Waals surface area contributed by atoms with Gasteiger partial charge in [0, 0.05) is 10.4 Å². The largest absolute Gasteiger partial charge is 0.489 e. The van der Waals surface area contributed by atoms with E-state index in [0.717, 1.165) is 32.7 Å². The van der Waals surface area contributed by atoms with E-state index in [1.165, 1.54) is 0 Å². The lowest BCUT2D eigenvalue weighted by Gasteiger charge is -2.10. The maximum absolute atomic E-state index is 11.7. The number of fused-ring (bicyclic) bond motifs is 1. The van der Waals surface area contributed by atoms with E-state index in [2.05, 4.69) is 4.98 Å². The van der Waals surface area contributed by atoms with E-state index in [4.69, 9.17) is 14.2 Å². The van der Waals surface area contributed by atoms with E-state index >= 15 is 0 Å². The number of nitrogens with zero attached hydrogens (tertiary/aromatic N) is 1. The molecule has 3 aromatic rings. The first-order valence-electron chi connectivity index (χ1n) is 8.39. The van der Waals surface area contributed by atoms with Crippen LogP contribution in [-0.4, -0.2) is 24.7 Å². The molecule has 0 N–H and O–H groups in total. The van der Waals surface area contributed by atoms with E-state index in [1.807, 2.05) is 49.6 Å². The highest BCUT2D eigenvalue weighted by molar-refractivity contribution is 7.17. The molecule has 0 aliphatic heterocycles. The van der Waals surface area contributed by atoms with Crippen LogP contribution in [-0.2, 0) is 22.6 Å². The Labute approximate surface area is 156 Å². The van der Waals surface area contributed by atoms with Crippen LogP contribution in [0.3, 0.4) is 0 Å². The fourth-order valence-electron chi connectivity index (χ4n) is 2.67. The summed E-state index contributed by atoms with van der Waals surface area (Å²) in [6, 6.07) is 9.79. The van der Waals surface area contributed by atoms with Crippen LogP contribution in [0.4, 0.5) is 0 Å². The van der Waals surface area contributed by atoms with Gasteiger partial charge in [0.2, 0.25) is 5.88 Å². The number of methoxy groups -OCH3 is 1. The average molecular weight is 371 g/mol. The second-order valence-electron chi connectivity index (χ2n) is 5.81. The lowest BCUT2D eigenvalue weighted by Crippen LogP contribution is -2.06. The third kappa shape index (κ3) is 4.14. The Bertz CT molecular complexity index is 919. The molecule has 3 rings (SSSR count). The molecule has 0 spiro atoms. The number of ether oxygens (including phenoxy) is 3. The number of aromatic nitrogens is 1. The molecule has 2 aromatic heterocycles. The second kappa shape index (κ2) is 8.19. The van der Waals surface area contributed by atoms with Gasteiger partial charge in [-0.05, 0) is 60.5 Å². The van der Waals surface area contributed by atoms with Crippen molar-refractivity contribution in [3.05, 3.63) is 52.5 Å². The zero-order valence-corrected chi connectivity index (χ0v) is 15.9. The minimum Gasteiger partial charge on any atom is -0.489 e. The number of carbonyl (C=O) groups is 1. The first-order chi connectivity index (χ1) is 12.6. The van der Waals surface area contributed by atoms with E-state index in [1.54, 1.807) is 18.4 Å². The predicted molar refractivity (Wildman–Crippen MR) is 102 cm³/mol. The Balaban J connectivity index is 1.73. The number of benzene rings is 1. The molecule has 6 heteroatoms. The van der Waals surface area contributed by atoms with Crippen LogP contribution in [0.15, 0.2) is 35.7 Å². The maximum Gasteiger partial charge on any atom is 0.310 e. The monoisotopic (exact) mass is 371 g/mol. The average Bonchev–Trinajstić information content (AvgIpc) is 3.02. The molecule has 2 heterocycles. The number of hydrogen-bond acceptors (Lipinski definition) is 6. The first kappa shape index (κ1) is 18.2. The van der Waals surface area contributed by atoms with Gasteiger partial charge >= 0.3 is 5.97 Å². The molecule has 0 saturated carbocycles. The van der Waals surface area contributed by atoms with Crippen LogP contribution < -0.4 is 9.47 Å². The van der Waals surface area contributed by atoms with Gasteiger partial charge in [-0.3, -0.25) is 4.79 Å². The van der Waals surface area contributed by atoms with Gasteiger partial charge in [-0.2, -0.15) is 0 Å². The fourth-order valence-corrected chi connectivity index (χ4v) is 3.66. The van der Waals surface area contributed by atoms with Gasteiger partial charge < -0.3 is 14.2 Å². The highest BCUT2D eigenvalue weighted by atomic mass is 32.1. The lowest BCUT2D eigenvalue weighted by atomic mass is 10.1. The summed E-state index contributed by atoms with van der Waals surface area (Å²) in [7, 11) is 1.61. The van der Waals surface area contributed by atoms with Crippen LogP contribution in [0.2, 0.25) is 0 Å². The molecule has 0 aliphatic rings. The standard InChI is InChI=1S/C20H21NO4S/c1-4-24-19(22)9-15-12-26-18-10-16(7-8-17(15)18)25-11-14-6-5-13(2)21-20(14)23-3/h5-8,10,12H,4,9,11H2,1-3H3. The zero-order chi connectivity index (χ0) is 18.5. The smallest absolute Gasteiger partial charge is 0.310 e. The summed E-state index contributed by atoms with van der Waals surface area (Å²) in [5.74, 6) is 1.15. The second-order valence-corrected chi connectivity index (χ2v) is 6.72. The van der Waals surface area contributed by atoms with E-state index in [9.17, 15) is 4.79 Å². The normalized spacial score (nSPS) is 10.7. The molecule has 26 heavy (non-hydrogen) atoms. The van der Waals surface area contributed by atoms with Crippen LogP contribution >= 0.6 is 11.3 Å². The van der Waals surface area contributed by atoms with Crippen molar-refractivity contribution >= 4 is 27.4 Å². The van der Waals surface area contributed by atoms with Crippen molar-refractivity contribution in [2.24, 2.45) is 0 Å². The van der Waals surface area contributed by atoms with Crippen molar-refractivity contribution in [2.45, 2.75) is 26.9 Å². The van der Waals surface area contributed by atoms with Gasteiger partial charge in [-0.1, -0.05) is 0 Å². The predicted octanol–water partition coefficient (Wildman–Crippen LogP) is 4.30. The van der Waals surface area contributed by atoms with Crippen LogP contribution in [0, 0.1) is 6.92 Å². The Morgan fingerprint density at radius 2 is 2.04 bits per heavy atom. The molecule has 136 valence electrons. The van der Waals surface area contributed by atoms with Crippen molar-refractivity contribution in [1.29, 1.82) is 0 Å². The molecule has 0 fully saturated rings. The van der Waals surface area contributed by atoms with Crippen molar-refractivity contribution in [3.63, 3.8) is 0 Å². The summed E-state index contributed by atoms with van der Waals surface area (Å²) in [5.41, 5.74) is 2.78. The molecular formula is C20H21NO4S. The fraction of sp³-hybridized carbons (Fsp3) is 0.300. The van der Waals surface area contributed by atoms with Gasteiger partial charge in [-0.15, -0.1) is 11.3 Å². The molecule has 0 radical (unpaired) electrons. The molecule has 5 nitrogen and oxygen atoms in total. The van der Waals surface area contributed by atoms with E-state index in [-0.39, 0.29) is 5.97 Å². The third-order valence-corrected chi connectivity index (χ3v) is 4.93. The highest BCUT2D eigenvalue weighted by Gasteiger charge is 2.11. The van der Waals surface area contributed by atoms with E-state index in [0.29, 0.717) is 25.5 Å². The first-order valence-corrected chi connectivity index (χ1v) is 9.27. The van der Waals surface area contributed by atoms with Gasteiger partial charge in [-0.25, -0.2) is 4.98 Å². The SMILES string of the molecule is CCOC(=O)Cc1csc2cc(OCc3ccc(C)nc3OC)ccc12. The molecule has 1 aromatic carbocycles. The van der Waals surface area contributed by atoms with Gasteiger partial charge in [0.15, 0.2) is 0 Å². The Hall–Kier alpha value is -2.60. The van der Waals surface area contributed by atoms with Crippen molar-refractivity contribution in [1.82, 2.24) is 4.98 Å². The molecule has 0 saturated heterocycles. The molecule has 0 amide bonds. The van der Waals surface area contributed by atoms with Crippen LogP contribution in [0.5, 0.6) is 11.6 Å². The van der Waals surface area contributed by atoms with Crippen molar-refractivity contribution in [3.8, 4) is 11.6 Å². The van der Waals surface area contributed by atoms with Gasteiger partial charge in [0.05, 0.1) is 25.7 Å². The highest BCUT2D eigenvalue weighted by Crippen LogP contribution is 2.30. The molecular weight excluding hydrogens is 350 g/mol. The van der Waals surface area contributed by atoms with Crippen LogP contribution in [0.1, 0.15) is 23.7 Å². The summed E-state index contributed by atoms with van der Waals surface area (Å²) in [4.78, 5) is 16.1. The van der Waals surface area contributed by atoms with Crippen molar-refractivity contribution in [2.75, 3.05) is 13.7 Å². The number of carbonyl (C=O) groups excluding carboxylic acids is 1. The Morgan fingerprint density at radius 1 is 1.19 bits per heavy atom. The number of esters is 1. The van der Waals surface area contributed by atoms with Gasteiger partial charge in [0.25, 0.3) is 0 Å². The summed E-state index contributed by atoms with van der Waals surface area (Å²) < 4.78 is 17.3. The number of rotatable bonds is 7. The number of hydrogen-bond donors (Lipinski definition) is 0. The number of aryl methyl sites for hydroxylation is 1. The lowest BCUT2D eigenvalue weighted by molar-refractivity contribution is -0.142. The summed E-state index contributed by atoms with van der Waals surface area (Å²) in [6.45, 7) is 4.51. The Morgan fingerprint density at radius 3 is 2.81 bits per heavy atom. The zero-order valence-electron chi connectivity index (χ0n) is 15.1. The van der Waals surface area contributed by atoms with Crippen LogP contribution in [0.25, 0.3) is 10.1 Å². The van der Waals surface area contributed by atoms with Crippen molar-refractivity contribution < 1.29 is 19.0 Å². The topological polar surface area (TPSA) is 57.7 Å². The molecule has 0 atom stereocenters. The van der Waals surface area contributed by atoms with Gasteiger partial charge in [0.1, 0.15) is 12.4 Å². The summed E-state index contributed by atoms with van der Waals surface area (Å²) in [6.07, 6.45) is 0.292. The maximum atomic E-state index is 11.7. The molecule has 0 bridgehead atoms. The third-order valence-electron chi connectivity index (χ3n) is 3.93. The quantitative estimate of drug-likeness (QED) is 0.580. The minimum absolute atomic E-state index is 0.202. The summed E-state index contributed by atoms with van der Waals surface area (Å²) >= 11 is 1.59. The number of pyridine rings is 1. The summed E-state index contributed by atoms with van der Waals surface area (Å²) in [5, 5.41) is 3.06. The number of thiophene rings is 1. The molecule has 0 aliphatic carbocycles. The van der Waals surface area contributed by atoms with E-state index < -0.39 is 0 Å².